The van der Waals surface area contributed by atoms with Crippen LogP contribution >= 0.6 is 27.3 Å². The predicted octanol–water partition coefficient (Wildman–Crippen LogP) is 5.28. The average molecular weight is 479 g/mol. The number of aromatic nitrogens is 1. The van der Waals surface area contributed by atoms with Gasteiger partial charge in [-0.05, 0) is 12.1 Å². The van der Waals surface area contributed by atoms with Crippen LogP contribution in [0.1, 0.15) is 25.6 Å². The first-order valence-corrected chi connectivity index (χ1v) is 10.6. The van der Waals surface area contributed by atoms with Crippen LogP contribution in [-0.2, 0) is 0 Å². The van der Waals surface area contributed by atoms with Gasteiger partial charge in [-0.2, -0.15) is 0 Å². The molecule has 0 aliphatic rings. The fourth-order valence-corrected chi connectivity index (χ4v) is 4.58. The molecule has 0 fully saturated rings. The molecular weight excluding hydrogens is 464 g/mol. The van der Waals surface area contributed by atoms with E-state index >= 15 is 0 Å². The molecule has 0 atom stereocenters. The summed E-state index contributed by atoms with van der Waals surface area (Å²) >= 11 is 4.50. The molecule has 7 heteroatoms. The van der Waals surface area contributed by atoms with E-state index in [1.807, 2.05) is 36.4 Å². The minimum atomic E-state index is -0.754. The lowest BCUT2D eigenvalue weighted by Gasteiger charge is -2.06. The number of aromatic hydroxyl groups is 1. The molecule has 0 radical (unpaired) electrons. The van der Waals surface area contributed by atoms with E-state index in [0.717, 1.165) is 16.9 Å². The van der Waals surface area contributed by atoms with Gasteiger partial charge in [0.2, 0.25) is 5.78 Å². The number of carbonyl (C=O) groups excluding carboxylic acids is 2. The largest absolute Gasteiger partial charge is 0.506 e. The Labute approximate surface area is 185 Å². The van der Waals surface area contributed by atoms with Gasteiger partial charge >= 0.3 is 0 Å². The lowest BCUT2D eigenvalue weighted by atomic mass is 10.0. The number of ketones is 1. The molecule has 5 nitrogen and oxygen atoms in total. The molecule has 0 bridgehead atoms. The summed E-state index contributed by atoms with van der Waals surface area (Å²) < 4.78 is 0.566. The number of halogens is 1. The Kier molecular flexibility index (Phi) is 5.48. The Hall–Kier alpha value is -3.29. The third-order valence-corrected chi connectivity index (χ3v) is 6.03. The maximum atomic E-state index is 13.2. The van der Waals surface area contributed by atoms with Crippen LogP contribution in [0.5, 0.6) is 5.75 Å². The number of rotatable bonds is 5. The van der Waals surface area contributed by atoms with Crippen LogP contribution in [-0.4, -0.2) is 21.8 Å². The summed E-state index contributed by atoms with van der Waals surface area (Å²) in [4.78, 5) is 30.1. The van der Waals surface area contributed by atoms with Crippen LogP contribution in [0, 0.1) is 0 Å². The SMILES string of the molecule is NC(=O)c1cc(Br)cc(-c2nc(-c3ccccc3)c(C(=O)c3ccccc3)s2)c1O. The van der Waals surface area contributed by atoms with Crippen molar-refractivity contribution in [2.75, 3.05) is 0 Å². The Bertz CT molecular complexity index is 1250. The molecule has 3 N–H and O–H groups in total. The number of phenols is 1. The highest BCUT2D eigenvalue weighted by Crippen LogP contribution is 2.41. The van der Waals surface area contributed by atoms with E-state index in [1.54, 1.807) is 30.3 Å². The molecule has 1 amide bonds. The Balaban J connectivity index is 1.93. The van der Waals surface area contributed by atoms with Crippen molar-refractivity contribution >= 4 is 39.0 Å². The number of thiazole rings is 1. The summed E-state index contributed by atoms with van der Waals surface area (Å²) in [7, 11) is 0. The van der Waals surface area contributed by atoms with Crippen LogP contribution in [0.25, 0.3) is 21.8 Å². The number of amides is 1. The molecular formula is C23H15BrN2O3S. The topological polar surface area (TPSA) is 93.3 Å². The molecule has 0 unspecified atom stereocenters. The highest BCUT2D eigenvalue weighted by Gasteiger charge is 2.24. The predicted molar refractivity (Wildman–Crippen MR) is 121 cm³/mol. The Morgan fingerprint density at radius 3 is 2.23 bits per heavy atom. The molecule has 0 aliphatic heterocycles. The zero-order valence-electron chi connectivity index (χ0n) is 15.5. The number of hydrogen-bond acceptors (Lipinski definition) is 5. The van der Waals surface area contributed by atoms with Gasteiger partial charge in [0.15, 0.2) is 0 Å². The van der Waals surface area contributed by atoms with Gasteiger partial charge in [-0.25, -0.2) is 4.98 Å². The summed E-state index contributed by atoms with van der Waals surface area (Å²) in [5, 5.41) is 11.0. The monoisotopic (exact) mass is 478 g/mol. The van der Waals surface area contributed by atoms with E-state index in [1.165, 1.54) is 6.07 Å². The van der Waals surface area contributed by atoms with Crippen LogP contribution in [0.4, 0.5) is 0 Å². The Morgan fingerprint density at radius 1 is 0.967 bits per heavy atom. The minimum Gasteiger partial charge on any atom is -0.506 e. The third-order valence-electron chi connectivity index (χ3n) is 4.49. The second kappa shape index (κ2) is 8.22. The number of nitrogens with zero attached hydrogens (tertiary/aromatic N) is 1. The van der Waals surface area contributed by atoms with Crippen LogP contribution in [0.3, 0.4) is 0 Å². The summed E-state index contributed by atoms with van der Waals surface area (Å²) in [6, 6.07) is 21.4. The van der Waals surface area contributed by atoms with Crippen LogP contribution in [0.15, 0.2) is 77.3 Å². The van der Waals surface area contributed by atoms with Crippen molar-refractivity contribution in [1.82, 2.24) is 4.98 Å². The first-order valence-electron chi connectivity index (χ1n) is 8.94. The fraction of sp³-hybridized carbons (Fsp3) is 0. The van der Waals surface area contributed by atoms with Crippen molar-refractivity contribution in [3.8, 4) is 27.6 Å². The van der Waals surface area contributed by atoms with E-state index in [4.69, 9.17) is 5.73 Å². The summed E-state index contributed by atoms with van der Waals surface area (Å²) in [6.07, 6.45) is 0. The molecule has 1 aromatic heterocycles. The van der Waals surface area contributed by atoms with Crippen LogP contribution < -0.4 is 5.73 Å². The molecule has 3 aromatic carbocycles. The first-order chi connectivity index (χ1) is 14.5. The average Bonchev–Trinajstić information content (AvgIpc) is 3.21. The van der Waals surface area contributed by atoms with Crippen molar-refractivity contribution in [3.63, 3.8) is 0 Å². The molecule has 0 aliphatic carbocycles. The van der Waals surface area contributed by atoms with Gasteiger partial charge in [0.1, 0.15) is 15.6 Å². The van der Waals surface area contributed by atoms with E-state index in [2.05, 4.69) is 20.9 Å². The zero-order chi connectivity index (χ0) is 21.3. The van der Waals surface area contributed by atoms with Gasteiger partial charge in [-0.15, -0.1) is 11.3 Å². The Morgan fingerprint density at radius 2 is 1.60 bits per heavy atom. The number of benzene rings is 3. The van der Waals surface area contributed by atoms with Crippen molar-refractivity contribution in [2.45, 2.75) is 0 Å². The summed E-state index contributed by atoms with van der Waals surface area (Å²) in [5.41, 5.74) is 7.54. The minimum absolute atomic E-state index is 0.0215. The number of carbonyl (C=O) groups is 2. The third kappa shape index (κ3) is 3.77. The second-order valence-electron chi connectivity index (χ2n) is 6.47. The quantitative estimate of drug-likeness (QED) is 0.381. The number of hydrogen-bond donors (Lipinski definition) is 2. The van der Waals surface area contributed by atoms with E-state index in [-0.39, 0.29) is 17.1 Å². The highest BCUT2D eigenvalue weighted by molar-refractivity contribution is 9.10. The number of nitrogens with two attached hydrogens (primary N) is 1. The van der Waals surface area contributed by atoms with Gasteiger partial charge in [0.05, 0.1) is 16.8 Å². The van der Waals surface area contributed by atoms with Gasteiger partial charge in [0, 0.05) is 15.6 Å². The maximum Gasteiger partial charge on any atom is 0.252 e. The standard InChI is InChI=1S/C23H15BrN2O3S/c24-15-11-16(22(25)29)20(28)17(12-15)23-26-18(13-7-3-1-4-8-13)21(30-23)19(27)14-9-5-2-6-10-14/h1-12,28H,(H2,25,29). The van der Waals surface area contributed by atoms with Crippen molar-refractivity contribution in [1.29, 1.82) is 0 Å². The van der Waals surface area contributed by atoms with Gasteiger partial charge in [0.25, 0.3) is 5.91 Å². The summed E-state index contributed by atoms with van der Waals surface area (Å²) in [6.45, 7) is 0. The molecule has 4 rings (SSSR count). The van der Waals surface area contributed by atoms with Crippen molar-refractivity contribution < 1.29 is 14.7 Å². The van der Waals surface area contributed by atoms with Crippen molar-refractivity contribution in [2.24, 2.45) is 5.73 Å². The normalized spacial score (nSPS) is 10.7. The lowest BCUT2D eigenvalue weighted by molar-refractivity contribution is 0.0996. The van der Waals surface area contributed by atoms with E-state index in [9.17, 15) is 14.7 Å². The molecule has 0 spiro atoms. The van der Waals surface area contributed by atoms with Crippen LogP contribution in [0.2, 0.25) is 0 Å². The zero-order valence-corrected chi connectivity index (χ0v) is 17.9. The molecule has 0 saturated heterocycles. The van der Waals surface area contributed by atoms with Gasteiger partial charge in [-0.3, -0.25) is 9.59 Å². The molecule has 30 heavy (non-hydrogen) atoms. The first kappa shape index (κ1) is 20.0. The highest BCUT2D eigenvalue weighted by atomic mass is 79.9. The lowest BCUT2D eigenvalue weighted by Crippen LogP contribution is -2.11. The molecule has 4 aromatic rings. The number of primary amides is 1. The fourth-order valence-electron chi connectivity index (χ4n) is 3.05. The van der Waals surface area contributed by atoms with E-state index in [0.29, 0.717) is 31.2 Å². The maximum absolute atomic E-state index is 13.2. The van der Waals surface area contributed by atoms with Gasteiger partial charge in [-0.1, -0.05) is 76.6 Å². The molecule has 148 valence electrons. The second-order valence-corrected chi connectivity index (χ2v) is 8.39. The van der Waals surface area contributed by atoms with Crippen molar-refractivity contribution in [3.05, 3.63) is 93.3 Å². The molecule has 0 saturated carbocycles. The summed E-state index contributed by atoms with van der Waals surface area (Å²) in [5.74, 6) is -1.18. The smallest absolute Gasteiger partial charge is 0.252 e. The van der Waals surface area contributed by atoms with Gasteiger partial charge < -0.3 is 10.8 Å². The van der Waals surface area contributed by atoms with E-state index < -0.39 is 5.91 Å². The molecule has 1 heterocycles.